The second-order valence-electron chi connectivity index (χ2n) is 8.15. The molecule has 0 aliphatic carbocycles. The third kappa shape index (κ3) is 5.08. The van der Waals surface area contributed by atoms with Crippen LogP contribution >= 0.6 is 0 Å². The summed E-state index contributed by atoms with van der Waals surface area (Å²) in [5.74, 6) is 0.274. The van der Waals surface area contributed by atoms with Gasteiger partial charge in [-0.25, -0.2) is 4.79 Å². The van der Waals surface area contributed by atoms with Crippen molar-refractivity contribution in [1.82, 2.24) is 20.0 Å². The van der Waals surface area contributed by atoms with Gasteiger partial charge in [0.25, 0.3) is 0 Å². The van der Waals surface area contributed by atoms with E-state index < -0.39 is 5.60 Å². The topological polar surface area (TPSA) is 78.9 Å². The fraction of sp³-hybridized carbons (Fsp3) is 0.684. The zero-order valence-corrected chi connectivity index (χ0v) is 16.4. The Kier molecular flexibility index (Phi) is 5.82. The van der Waals surface area contributed by atoms with Crippen molar-refractivity contribution in [3.63, 3.8) is 0 Å². The number of carbonyl (C=O) groups excluding carboxylic acids is 2. The quantitative estimate of drug-likeness (QED) is 0.784. The Bertz CT molecular complexity index is 645. The van der Waals surface area contributed by atoms with Crippen molar-refractivity contribution in [3.05, 3.63) is 18.5 Å². The van der Waals surface area contributed by atoms with Crippen LogP contribution in [0.4, 0.5) is 10.5 Å². The summed E-state index contributed by atoms with van der Waals surface area (Å²) in [6, 6.07) is 1.95. The lowest BCUT2D eigenvalue weighted by molar-refractivity contribution is -0.138. The average molecular weight is 375 g/mol. The maximum atomic E-state index is 12.9. The van der Waals surface area contributed by atoms with Gasteiger partial charge >= 0.3 is 6.09 Å². The number of anilines is 1. The molecule has 0 saturated carbocycles. The highest BCUT2D eigenvalue weighted by Gasteiger charge is 2.32. The number of hydrogen-bond acceptors (Lipinski definition) is 6. The van der Waals surface area contributed by atoms with Crippen LogP contribution < -0.4 is 4.90 Å². The predicted molar refractivity (Wildman–Crippen MR) is 101 cm³/mol. The van der Waals surface area contributed by atoms with Gasteiger partial charge in [0.2, 0.25) is 5.91 Å². The monoisotopic (exact) mass is 375 g/mol. The largest absolute Gasteiger partial charge is 0.444 e. The maximum absolute atomic E-state index is 12.9. The molecule has 0 bridgehead atoms. The molecule has 0 atom stereocenters. The van der Waals surface area contributed by atoms with E-state index in [0.717, 1.165) is 31.6 Å². The zero-order chi connectivity index (χ0) is 19.4. The lowest BCUT2D eigenvalue weighted by atomic mass is 9.94. The van der Waals surface area contributed by atoms with Crippen LogP contribution in [0, 0.1) is 5.92 Å². The van der Waals surface area contributed by atoms with E-state index in [9.17, 15) is 9.59 Å². The molecule has 0 spiro atoms. The summed E-state index contributed by atoms with van der Waals surface area (Å²) in [4.78, 5) is 30.8. The van der Waals surface area contributed by atoms with Crippen LogP contribution in [0.1, 0.15) is 33.6 Å². The summed E-state index contributed by atoms with van der Waals surface area (Å²) < 4.78 is 5.41. The Hall–Kier alpha value is -2.38. The predicted octanol–water partition coefficient (Wildman–Crippen LogP) is 1.77. The van der Waals surface area contributed by atoms with E-state index in [1.165, 1.54) is 0 Å². The van der Waals surface area contributed by atoms with E-state index >= 15 is 0 Å². The third-order valence-corrected chi connectivity index (χ3v) is 5.02. The van der Waals surface area contributed by atoms with E-state index in [4.69, 9.17) is 4.74 Å². The molecule has 0 unspecified atom stereocenters. The Morgan fingerprint density at radius 2 is 1.63 bits per heavy atom. The molecular formula is C19H29N5O3. The first-order valence-electron chi connectivity index (χ1n) is 9.62. The number of aromatic nitrogens is 2. The first kappa shape index (κ1) is 19.4. The van der Waals surface area contributed by atoms with Gasteiger partial charge in [-0.15, -0.1) is 0 Å². The van der Waals surface area contributed by atoms with Crippen molar-refractivity contribution >= 4 is 17.7 Å². The molecule has 8 heteroatoms. The van der Waals surface area contributed by atoms with Crippen LogP contribution in [0.3, 0.4) is 0 Å². The molecular weight excluding hydrogens is 346 g/mol. The minimum absolute atomic E-state index is 0.0594. The van der Waals surface area contributed by atoms with Gasteiger partial charge in [-0.1, -0.05) is 0 Å². The third-order valence-electron chi connectivity index (χ3n) is 5.02. The van der Waals surface area contributed by atoms with Crippen molar-refractivity contribution < 1.29 is 14.3 Å². The fourth-order valence-corrected chi connectivity index (χ4v) is 3.55. The molecule has 1 aromatic heterocycles. The number of ether oxygens (including phenoxy) is 1. The van der Waals surface area contributed by atoms with E-state index in [2.05, 4.69) is 15.1 Å². The van der Waals surface area contributed by atoms with Gasteiger partial charge < -0.3 is 19.4 Å². The van der Waals surface area contributed by atoms with E-state index in [1.54, 1.807) is 17.3 Å². The average Bonchev–Trinajstić information content (AvgIpc) is 2.67. The summed E-state index contributed by atoms with van der Waals surface area (Å²) in [6.45, 7) is 9.49. The number of hydrogen-bond donors (Lipinski definition) is 0. The Balaban J connectivity index is 1.45. The number of nitrogens with zero attached hydrogens (tertiary/aromatic N) is 5. The summed E-state index contributed by atoms with van der Waals surface area (Å²) in [5, 5.41) is 7.73. The van der Waals surface area contributed by atoms with E-state index in [1.807, 2.05) is 31.7 Å². The van der Waals surface area contributed by atoms with Crippen molar-refractivity contribution in [1.29, 1.82) is 0 Å². The first-order valence-corrected chi connectivity index (χ1v) is 9.62. The highest BCUT2D eigenvalue weighted by Crippen LogP contribution is 2.24. The highest BCUT2D eigenvalue weighted by molar-refractivity contribution is 5.79. The molecule has 0 N–H and O–H groups in total. The highest BCUT2D eigenvalue weighted by atomic mass is 16.6. The number of amides is 2. The summed E-state index contributed by atoms with van der Waals surface area (Å²) in [7, 11) is 0. The molecule has 3 heterocycles. The van der Waals surface area contributed by atoms with Crippen LogP contribution in [0.15, 0.2) is 18.5 Å². The SMILES string of the molecule is CC(C)(C)OC(=O)N1CCN(C(=O)C2CCN(c3ccnnc3)CC2)CC1. The van der Waals surface area contributed by atoms with E-state index in [-0.39, 0.29) is 17.9 Å². The van der Waals surface area contributed by atoms with Crippen molar-refractivity contribution in [3.8, 4) is 0 Å². The number of piperazine rings is 1. The zero-order valence-electron chi connectivity index (χ0n) is 16.4. The van der Waals surface area contributed by atoms with Gasteiger partial charge in [0.15, 0.2) is 0 Å². The summed E-state index contributed by atoms with van der Waals surface area (Å²) in [5.41, 5.74) is 0.560. The molecule has 2 aliphatic rings. The Morgan fingerprint density at radius 1 is 1.00 bits per heavy atom. The minimum Gasteiger partial charge on any atom is -0.444 e. The number of carbonyl (C=O) groups is 2. The van der Waals surface area contributed by atoms with Crippen molar-refractivity contribution in [2.45, 2.75) is 39.2 Å². The van der Waals surface area contributed by atoms with Crippen LogP contribution in [0.25, 0.3) is 0 Å². The van der Waals surface area contributed by atoms with Crippen LogP contribution in [0.5, 0.6) is 0 Å². The fourth-order valence-electron chi connectivity index (χ4n) is 3.55. The first-order chi connectivity index (χ1) is 12.8. The van der Waals surface area contributed by atoms with Gasteiger partial charge in [-0.3, -0.25) is 4.79 Å². The molecule has 148 valence electrons. The van der Waals surface area contributed by atoms with Crippen LogP contribution in [0.2, 0.25) is 0 Å². The van der Waals surface area contributed by atoms with Crippen LogP contribution in [-0.2, 0) is 9.53 Å². The molecule has 2 amide bonds. The lowest BCUT2D eigenvalue weighted by Crippen LogP contribution is -2.53. The summed E-state index contributed by atoms with van der Waals surface area (Å²) in [6.07, 6.45) is 4.84. The standard InChI is InChI=1S/C19H29N5O3/c1-19(2,3)27-18(26)24-12-10-23(11-13-24)17(25)15-5-8-22(9-6-15)16-4-7-20-21-14-16/h4,7,14-15H,5-6,8-13H2,1-3H3. The van der Waals surface area contributed by atoms with E-state index in [0.29, 0.717) is 26.2 Å². The van der Waals surface area contributed by atoms with Gasteiger partial charge in [-0.05, 0) is 39.7 Å². The normalized spacial score (nSPS) is 19.1. The second kappa shape index (κ2) is 8.10. The van der Waals surface area contributed by atoms with Gasteiger partial charge in [-0.2, -0.15) is 10.2 Å². The van der Waals surface area contributed by atoms with Gasteiger partial charge in [0.1, 0.15) is 5.60 Å². The summed E-state index contributed by atoms with van der Waals surface area (Å²) >= 11 is 0. The molecule has 8 nitrogen and oxygen atoms in total. The molecule has 0 radical (unpaired) electrons. The molecule has 1 aromatic rings. The van der Waals surface area contributed by atoms with Gasteiger partial charge in [0.05, 0.1) is 18.1 Å². The Morgan fingerprint density at radius 3 is 2.19 bits per heavy atom. The van der Waals surface area contributed by atoms with Crippen molar-refractivity contribution in [2.24, 2.45) is 5.92 Å². The maximum Gasteiger partial charge on any atom is 0.410 e. The minimum atomic E-state index is -0.498. The number of rotatable bonds is 2. The Labute approximate surface area is 160 Å². The smallest absolute Gasteiger partial charge is 0.410 e. The molecule has 2 saturated heterocycles. The molecule has 3 rings (SSSR count). The number of piperidine rings is 1. The molecule has 0 aromatic carbocycles. The molecule has 2 aliphatic heterocycles. The van der Waals surface area contributed by atoms with Crippen molar-refractivity contribution in [2.75, 3.05) is 44.2 Å². The second-order valence-corrected chi connectivity index (χ2v) is 8.15. The lowest BCUT2D eigenvalue weighted by Gasteiger charge is -2.39. The molecule has 27 heavy (non-hydrogen) atoms. The molecule has 2 fully saturated rings. The van der Waals surface area contributed by atoms with Gasteiger partial charge in [0, 0.05) is 45.2 Å². The van der Waals surface area contributed by atoms with Crippen LogP contribution in [-0.4, -0.2) is 76.9 Å².